The third kappa shape index (κ3) is 4.69. The summed E-state index contributed by atoms with van der Waals surface area (Å²) >= 11 is 1.46. The molecule has 1 N–H and O–H groups in total. The van der Waals surface area contributed by atoms with Gasteiger partial charge < -0.3 is 4.90 Å². The van der Waals surface area contributed by atoms with Crippen LogP contribution in [0, 0.1) is 6.92 Å². The topological polar surface area (TPSA) is 101 Å². The minimum Gasteiger partial charge on any atom is -0.322 e. The summed E-state index contributed by atoms with van der Waals surface area (Å²) < 4.78 is 3.08. The Hall–Kier alpha value is -3.05. The van der Waals surface area contributed by atoms with Crippen LogP contribution in [0.2, 0.25) is 0 Å². The van der Waals surface area contributed by atoms with E-state index in [0.717, 1.165) is 18.0 Å². The molecule has 1 fully saturated rings. The van der Waals surface area contributed by atoms with Gasteiger partial charge in [0.25, 0.3) is 5.56 Å². The highest BCUT2D eigenvalue weighted by Gasteiger charge is 2.21. The first-order valence-corrected chi connectivity index (χ1v) is 10.2. The van der Waals surface area contributed by atoms with Crippen molar-refractivity contribution in [3.8, 4) is 5.82 Å². The van der Waals surface area contributed by atoms with Gasteiger partial charge in [-0.25, -0.2) is 19.1 Å². The highest BCUT2D eigenvalue weighted by molar-refractivity contribution is 7.15. The molecule has 0 aliphatic carbocycles. The molecule has 10 nitrogen and oxygen atoms in total. The van der Waals surface area contributed by atoms with Crippen LogP contribution in [0.1, 0.15) is 4.88 Å². The first-order chi connectivity index (χ1) is 14.1. The van der Waals surface area contributed by atoms with Gasteiger partial charge in [0.15, 0.2) is 10.9 Å². The van der Waals surface area contributed by atoms with E-state index in [0.29, 0.717) is 37.1 Å². The molecular formula is C18H22N8O2S. The molecule has 0 saturated carbocycles. The average molecular weight is 414 g/mol. The maximum absolute atomic E-state index is 12.4. The Morgan fingerprint density at radius 2 is 2.03 bits per heavy atom. The third-order valence-corrected chi connectivity index (χ3v) is 5.54. The van der Waals surface area contributed by atoms with Crippen molar-refractivity contribution < 1.29 is 4.79 Å². The van der Waals surface area contributed by atoms with Gasteiger partial charge in [-0.3, -0.25) is 15.0 Å². The molecule has 3 aromatic rings. The van der Waals surface area contributed by atoms with Crippen molar-refractivity contribution in [2.45, 2.75) is 13.5 Å². The van der Waals surface area contributed by atoms with Crippen molar-refractivity contribution in [2.24, 2.45) is 0 Å². The van der Waals surface area contributed by atoms with E-state index in [4.69, 9.17) is 0 Å². The molecule has 29 heavy (non-hydrogen) atoms. The molecule has 0 spiro atoms. The zero-order valence-corrected chi connectivity index (χ0v) is 16.9. The van der Waals surface area contributed by atoms with Crippen LogP contribution in [0.15, 0.2) is 41.6 Å². The van der Waals surface area contributed by atoms with Crippen LogP contribution >= 0.6 is 11.3 Å². The first kappa shape index (κ1) is 19.3. The number of piperazine rings is 1. The van der Waals surface area contributed by atoms with Gasteiger partial charge in [0, 0.05) is 62.3 Å². The molecule has 11 heteroatoms. The summed E-state index contributed by atoms with van der Waals surface area (Å²) in [5, 5.41) is 12.0. The molecule has 1 aliphatic rings. The van der Waals surface area contributed by atoms with Crippen molar-refractivity contribution in [2.75, 3.05) is 38.0 Å². The lowest BCUT2D eigenvalue weighted by Crippen LogP contribution is -2.50. The molecule has 3 aromatic heterocycles. The number of carbonyl (C=O) groups excluding carboxylic acids is 1. The number of aryl methyl sites for hydroxylation is 1. The molecule has 0 radical (unpaired) electrons. The van der Waals surface area contributed by atoms with Gasteiger partial charge in [-0.15, -0.1) is 16.4 Å². The zero-order valence-electron chi connectivity index (χ0n) is 16.1. The van der Waals surface area contributed by atoms with Crippen LogP contribution in [0.5, 0.6) is 0 Å². The summed E-state index contributed by atoms with van der Waals surface area (Å²) in [6, 6.07) is 4.85. The molecule has 0 unspecified atom stereocenters. The predicted molar refractivity (Wildman–Crippen MR) is 110 cm³/mol. The highest BCUT2D eigenvalue weighted by atomic mass is 32.1. The van der Waals surface area contributed by atoms with Crippen LogP contribution in [0.25, 0.3) is 5.82 Å². The molecule has 1 saturated heterocycles. The number of nitrogens with zero attached hydrogens (tertiary/aromatic N) is 7. The van der Waals surface area contributed by atoms with Gasteiger partial charge in [-0.1, -0.05) is 0 Å². The summed E-state index contributed by atoms with van der Waals surface area (Å²) in [7, 11) is 0. The minimum absolute atomic E-state index is 0.121. The molecule has 4 rings (SSSR count). The number of amides is 2. The number of urea groups is 1. The van der Waals surface area contributed by atoms with E-state index in [1.165, 1.54) is 22.1 Å². The zero-order chi connectivity index (χ0) is 20.2. The van der Waals surface area contributed by atoms with Gasteiger partial charge in [0.1, 0.15) is 0 Å². The second-order valence-electron chi connectivity index (χ2n) is 6.74. The number of rotatable bonds is 5. The van der Waals surface area contributed by atoms with Gasteiger partial charge >= 0.3 is 6.03 Å². The summed E-state index contributed by atoms with van der Waals surface area (Å²) in [4.78, 5) is 33.7. The second-order valence-corrected chi connectivity index (χ2v) is 7.97. The number of aromatic nitrogens is 5. The van der Waals surface area contributed by atoms with Gasteiger partial charge in [-0.2, -0.15) is 5.10 Å². The standard InChI is InChI=1S/C18H22N8O2S/c1-14-13-19-17(29-14)21-18(28)24-10-7-23(8-11-24)9-12-26-16(27)4-3-15(22-26)25-6-2-5-20-25/h2-6,13H,7-12H2,1H3,(H,19,21,28). The Morgan fingerprint density at radius 3 is 2.72 bits per heavy atom. The van der Waals surface area contributed by atoms with E-state index >= 15 is 0 Å². The Bertz CT molecular complexity index is 1020. The lowest BCUT2D eigenvalue weighted by molar-refractivity contribution is 0.143. The van der Waals surface area contributed by atoms with Crippen molar-refractivity contribution in [1.29, 1.82) is 0 Å². The molecule has 0 bridgehead atoms. The summed E-state index contributed by atoms with van der Waals surface area (Å²) in [5.41, 5.74) is -0.141. The molecule has 2 amide bonds. The van der Waals surface area contributed by atoms with Gasteiger partial charge in [-0.05, 0) is 19.1 Å². The fourth-order valence-electron chi connectivity index (χ4n) is 3.12. The van der Waals surface area contributed by atoms with E-state index in [1.54, 1.807) is 34.2 Å². The predicted octanol–water partition coefficient (Wildman–Crippen LogP) is 1.04. The largest absolute Gasteiger partial charge is 0.323 e. The molecular weight excluding hydrogens is 392 g/mol. The van der Waals surface area contributed by atoms with Crippen molar-refractivity contribution in [1.82, 2.24) is 34.3 Å². The van der Waals surface area contributed by atoms with Crippen LogP contribution in [-0.4, -0.2) is 73.1 Å². The monoisotopic (exact) mass is 414 g/mol. The van der Waals surface area contributed by atoms with Crippen LogP contribution in [-0.2, 0) is 6.54 Å². The Kier molecular flexibility index (Phi) is 5.67. The number of carbonyl (C=O) groups is 1. The van der Waals surface area contributed by atoms with Crippen molar-refractivity contribution >= 4 is 22.5 Å². The molecule has 0 atom stereocenters. The summed E-state index contributed by atoms with van der Waals surface area (Å²) in [6.07, 6.45) is 5.20. The number of hydrogen-bond acceptors (Lipinski definition) is 7. The highest BCUT2D eigenvalue weighted by Crippen LogP contribution is 2.17. The Labute approximate surface area is 171 Å². The molecule has 1 aliphatic heterocycles. The Balaban J connectivity index is 1.28. The van der Waals surface area contributed by atoms with Crippen molar-refractivity contribution in [3.05, 3.63) is 52.0 Å². The van der Waals surface area contributed by atoms with Gasteiger partial charge in [0.05, 0.1) is 6.54 Å². The van der Waals surface area contributed by atoms with E-state index in [9.17, 15) is 9.59 Å². The summed E-state index contributed by atoms with van der Waals surface area (Å²) in [5.74, 6) is 0.605. The van der Waals surface area contributed by atoms with Crippen LogP contribution < -0.4 is 10.9 Å². The number of nitrogens with one attached hydrogen (secondary N) is 1. The number of hydrogen-bond donors (Lipinski definition) is 1. The van der Waals surface area contributed by atoms with E-state index in [2.05, 4.69) is 25.4 Å². The Morgan fingerprint density at radius 1 is 1.21 bits per heavy atom. The smallest absolute Gasteiger partial charge is 0.322 e. The maximum atomic E-state index is 12.4. The lowest BCUT2D eigenvalue weighted by Gasteiger charge is -2.34. The lowest BCUT2D eigenvalue weighted by atomic mass is 10.3. The van der Waals surface area contributed by atoms with Crippen molar-refractivity contribution in [3.63, 3.8) is 0 Å². The van der Waals surface area contributed by atoms with E-state index < -0.39 is 0 Å². The maximum Gasteiger partial charge on any atom is 0.323 e. The van der Waals surface area contributed by atoms with Crippen LogP contribution in [0.4, 0.5) is 9.93 Å². The van der Waals surface area contributed by atoms with Crippen LogP contribution in [0.3, 0.4) is 0 Å². The molecule has 4 heterocycles. The molecule has 152 valence electrons. The third-order valence-electron chi connectivity index (χ3n) is 4.71. The summed E-state index contributed by atoms with van der Waals surface area (Å²) in [6.45, 7) is 5.89. The average Bonchev–Trinajstić information content (AvgIpc) is 3.40. The fraction of sp³-hybridized carbons (Fsp3) is 0.389. The number of thiazole rings is 1. The normalized spacial score (nSPS) is 14.9. The van der Waals surface area contributed by atoms with E-state index in [-0.39, 0.29) is 11.6 Å². The minimum atomic E-state index is -0.141. The quantitative estimate of drug-likeness (QED) is 0.670. The first-order valence-electron chi connectivity index (χ1n) is 9.37. The number of anilines is 1. The van der Waals surface area contributed by atoms with E-state index in [1.807, 2.05) is 13.0 Å². The fourth-order valence-corrected chi connectivity index (χ4v) is 3.77. The SMILES string of the molecule is Cc1cnc(NC(=O)N2CCN(CCn3nc(-n4cccn4)ccc3=O)CC2)s1. The van der Waals surface area contributed by atoms with Gasteiger partial charge in [0.2, 0.25) is 0 Å². The second kappa shape index (κ2) is 8.53. The molecule has 0 aromatic carbocycles.